The van der Waals surface area contributed by atoms with Gasteiger partial charge in [-0.15, -0.1) is 11.3 Å². The molecule has 0 atom stereocenters. The van der Waals surface area contributed by atoms with E-state index in [4.69, 9.17) is 14.4 Å². The van der Waals surface area contributed by atoms with Crippen molar-refractivity contribution in [2.45, 2.75) is 13.3 Å². The first-order chi connectivity index (χ1) is 21.7. The Hall–Kier alpha value is -5.32. The molecule has 9 rings (SSSR count). The number of aromatic nitrogens is 2. The van der Waals surface area contributed by atoms with Crippen LogP contribution in [0.25, 0.3) is 77.1 Å². The molecular weight excluding hydrogens is 557 g/mol. The molecule has 0 unspecified atom stereocenters. The standard InChI is InChI=1S/C40H26N2OS/c1-24-8-4-16-32-33-17-7-15-31(39(33)44-38(24)32)29-13-5-11-26(20-29)27-12-6-14-30(21-27)35-23-41-37-34-22-28-10-3-2-9-25(28)18-19-36(34)43-40(37)42-35/h2-21,23H,22H2,1H3. The lowest BCUT2D eigenvalue weighted by molar-refractivity contribution is 0.588. The van der Waals surface area contributed by atoms with E-state index in [9.17, 15) is 0 Å². The Morgan fingerprint density at radius 3 is 2.30 bits per heavy atom. The summed E-state index contributed by atoms with van der Waals surface area (Å²) in [7, 11) is 0. The van der Waals surface area contributed by atoms with Crippen molar-refractivity contribution in [2.75, 3.05) is 0 Å². The average molecular weight is 583 g/mol. The molecule has 0 fully saturated rings. The zero-order valence-electron chi connectivity index (χ0n) is 24.0. The Morgan fingerprint density at radius 2 is 1.41 bits per heavy atom. The molecule has 3 nitrogen and oxygen atoms in total. The molecule has 0 aliphatic heterocycles. The topological polar surface area (TPSA) is 38.9 Å². The molecule has 3 aromatic heterocycles. The van der Waals surface area contributed by atoms with Crippen molar-refractivity contribution in [1.29, 1.82) is 0 Å². The van der Waals surface area contributed by atoms with E-state index in [1.54, 1.807) is 0 Å². The van der Waals surface area contributed by atoms with E-state index >= 15 is 0 Å². The lowest BCUT2D eigenvalue weighted by Crippen LogP contribution is -1.92. The first kappa shape index (κ1) is 25.2. The second kappa shape index (κ2) is 9.87. The van der Waals surface area contributed by atoms with E-state index < -0.39 is 0 Å². The fourth-order valence-corrected chi connectivity index (χ4v) is 7.81. The van der Waals surface area contributed by atoms with Crippen LogP contribution in [0.15, 0.2) is 120 Å². The van der Waals surface area contributed by atoms with Crippen molar-refractivity contribution < 1.29 is 4.42 Å². The Kier molecular flexibility index (Phi) is 5.65. The summed E-state index contributed by atoms with van der Waals surface area (Å²) in [6.45, 7) is 2.20. The van der Waals surface area contributed by atoms with Crippen LogP contribution in [0.1, 0.15) is 28.0 Å². The van der Waals surface area contributed by atoms with Gasteiger partial charge in [0.25, 0.3) is 0 Å². The highest BCUT2D eigenvalue weighted by Crippen LogP contribution is 2.42. The largest absolute Gasteiger partial charge is 0.437 e. The third-order valence-corrected chi connectivity index (χ3v) is 10.1. The molecule has 44 heavy (non-hydrogen) atoms. The van der Waals surface area contributed by atoms with Gasteiger partial charge < -0.3 is 4.42 Å². The normalized spacial score (nSPS) is 12.5. The highest BCUT2D eigenvalue weighted by Gasteiger charge is 2.20. The number of fused-ring (bicyclic) bond motifs is 7. The number of rotatable bonds is 3. The van der Waals surface area contributed by atoms with Crippen LogP contribution in [0.3, 0.4) is 0 Å². The molecule has 5 aromatic carbocycles. The highest BCUT2D eigenvalue weighted by molar-refractivity contribution is 7.26. The monoisotopic (exact) mass is 582 g/mol. The van der Waals surface area contributed by atoms with Crippen LogP contribution < -0.4 is 0 Å². The van der Waals surface area contributed by atoms with Gasteiger partial charge in [-0.2, -0.15) is 0 Å². The smallest absolute Gasteiger partial charge is 0.246 e. The van der Waals surface area contributed by atoms with Gasteiger partial charge in [-0.25, -0.2) is 9.97 Å². The summed E-state index contributed by atoms with van der Waals surface area (Å²) in [4.78, 5) is 9.80. The molecule has 4 heteroatoms. The van der Waals surface area contributed by atoms with Gasteiger partial charge in [0.15, 0.2) is 0 Å². The average Bonchev–Trinajstić information content (AvgIpc) is 3.57. The van der Waals surface area contributed by atoms with E-state index in [-0.39, 0.29) is 0 Å². The van der Waals surface area contributed by atoms with Gasteiger partial charge in [-0.3, -0.25) is 0 Å². The summed E-state index contributed by atoms with van der Waals surface area (Å²) >= 11 is 1.89. The molecule has 0 spiro atoms. The SMILES string of the molecule is Cc1cccc2c1sc1c(-c3cccc(-c4cccc(-c5cnc6c7c(oc6n5)C=Cc5ccccc5C7)c4)c3)cccc12. The zero-order valence-corrected chi connectivity index (χ0v) is 24.9. The first-order valence-corrected chi connectivity index (χ1v) is 15.7. The summed E-state index contributed by atoms with van der Waals surface area (Å²) in [5.41, 5.74) is 12.9. The molecule has 1 aliphatic rings. The van der Waals surface area contributed by atoms with Crippen molar-refractivity contribution in [3.8, 4) is 33.5 Å². The van der Waals surface area contributed by atoms with Crippen LogP contribution in [0.5, 0.6) is 0 Å². The van der Waals surface area contributed by atoms with Crippen LogP contribution in [-0.2, 0) is 6.42 Å². The Balaban J connectivity index is 1.09. The van der Waals surface area contributed by atoms with Crippen LogP contribution in [0.4, 0.5) is 0 Å². The number of nitrogens with zero attached hydrogens (tertiary/aromatic N) is 2. The Morgan fingerprint density at radius 1 is 0.682 bits per heavy atom. The summed E-state index contributed by atoms with van der Waals surface area (Å²) < 4.78 is 8.95. The maximum Gasteiger partial charge on any atom is 0.246 e. The number of hydrogen-bond acceptors (Lipinski definition) is 4. The van der Waals surface area contributed by atoms with E-state index in [1.165, 1.54) is 53.6 Å². The molecule has 0 bridgehead atoms. The number of benzene rings is 5. The van der Waals surface area contributed by atoms with Crippen LogP contribution in [0.2, 0.25) is 0 Å². The lowest BCUT2D eigenvalue weighted by Gasteiger charge is -2.09. The number of thiophene rings is 1. The van der Waals surface area contributed by atoms with Crippen molar-refractivity contribution in [3.63, 3.8) is 0 Å². The number of furan rings is 1. The van der Waals surface area contributed by atoms with E-state index in [0.717, 1.165) is 40.1 Å². The first-order valence-electron chi connectivity index (χ1n) is 14.9. The van der Waals surface area contributed by atoms with E-state index in [2.05, 4.69) is 122 Å². The van der Waals surface area contributed by atoms with Gasteiger partial charge >= 0.3 is 0 Å². The van der Waals surface area contributed by atoms with Crippen LogP contribution in [0, 0.1) is 6.92 Å². The van der Waals surface area contributed by atoms with E-state index in [0.29, 0.717) is 5.71 Å². The van der Waals surface area contributed by atoms with Crippen LogP contribution >= 0.6 is 11.3 Å². The minimum absolute atomic E-state index is 0.579. The minimum atomic E-state index is 0.579. The van der Waals surface area contributed by atoms with Crippen molar-refractivity contribution in [2.24, 2.45) is 0 Å². The third-order valence-electron chi connectivity index (χ3n) is 8.75. The highest BCUT2D eigenvalue weighted by atomic mass is 32.1. The molecule has 208 valence electrons. The molecule has 8 aromatic rings. The predicted octanol–water partition coefficient (Wildman–Crippen LogP) is 11.0. The maximum absolute atomic E-state index is 6.25. The van der Waals surface area contributed by atoms with Crippen molar-refractivity contribution >= 4 is 54.9 Å². The second-order valence-corrected chi connectivity index (χ2v) is 12.5. The fourth-order valence-electron chi connectivity index (χ4n) is 6.50. The Labute approximate surface area is 258 Å². The molecular formula is C40H26N2OS. The molecule has 0 saturated heterocycles. The van der Waals surface area contributed by atoms with Crippen molar-refractivity contribution in [1.82, 2.24) is 9.97 Å². The molecule has 0 saturated carbocycles. The van der Waals surface area contributed by atoms with Gasteiger partial charge in [-0.1, -0.05) is 103 Å². The van der Waals surface area contributed by atoms with Gasteiger partial charge in [0.05, 0.1) is 11.9 Å². The molecule has 1 aliphatic carbocycles. The summed E-state index contributed by atoms with van der Waals surface area (Å²) in [5.74, 6) is 0.836. The minimum Gasteiger partial charge on any atom is -0.437 e. The molecule has 0 N–H and O–H groups in total. The van der Waals surface area contributed by atoms with Gasteiger partial charge in [-0.05, 0) is 64.1 Å². The summed E-state index contributed by atoms with van der Waals surface area (Å²) in [6.07, 6.45) is 6.81. The van der Waals surface area contributed by atoms with Gasteiger partial charge in [0.1, 0.15) is 11.3 Å². The lowest BCUT2D eigenvalue weighted by atomic mass is 9.96. The second-order valence-electron chi connectivity index (χ2n) is 11.5. The third kappa shape index (κ3) is 4.03. The summed E-state index contributed by atoms with van der Waals surface area (Å²) in [6, 6.07) is 39.1. The predicted molar refractivity (Wildman–Crippen MR) is 184 cm³/mol. The van der Waals surface area contributed by atoms with Gasteiger partial charge in [0, 0.05) is 37.7 Å². The van der Waals surface area contributed by atoms with Crippen LogP contribution in [-0.4, -0.2) is 9.97 Å². The van der Waals surface area contributed by atoms with Crippen molar-refractivity contribution in [3.05, 3.63) is 143 Å². The van der Waals surface area contributed by atoms with E-state index in [1.807, 2.05) is 23.6 Å². The molecule has 0 amide bonds. The molecule has 0 radical (unpaired) electrons. The maximum atomic E-state index is 6.25. The molecule has 3 heterocycles. The number of hydrogen-bond donors (Lipinski definition) is 0. The number of aryl methyl sites for hydroxylation is 1. The quantitative estimate of drug-likeness (QED) is 0.208. The zero-order chi connectivity index (χ0) is 29.2. The fraction of sp³-hybridized carbons (Fsp3) is 0.0500. The Bertz CT molecular complexity index is 2440. The van der Waals surface area contributed by atoms with Gasteiger partial charge in [0.2, 0.25) is 5.71 Å². The summed E-state index contributed by atoms with van der Waals surface area (Å²) in [5, 5.41) is 2.66.